The molecule has 82 valence electrons. The van der Waals surface area contributed by atoms with Crippen LogP contribution in [0.3, 0.4) is 0 Å². The van der Waals surface area contributed by atoms with Crippen molar-refractivity contribution in [2.75, 3.05) is 7.05 Å². The van der Waals surface area contributed by atoms with E-state index in [9.17, 15) is 9.59 Å². The van der Waals surface area contributed by atoms with E-state index in [1.54, 1.807) is 34.7 Å². The third kappa shape index (κ3) is 3.77. The fraction of sp³-hybridized carbons (Fsp3) is 0.800. The highest BCUT2D eigenvalue weighted by Gasteiger charge is 2.23. The average Bonchev–Trinajstić information content (AvgIpc) is 2.13. The molecule has 1 amide bonds. The smallest absolute Gasteiger partial charge is 0.328 e. The molecule has 0 heterocycles. The number of amides is 1. The molecule has 0 aliphatic carbocycles. The van der Waals surface area contributed by atoms with Gasteiger partial charge in [0.05, 0.1) is 6.10 Å². The maximum absolute atomic E-state index is 11.4. The van der Waals surface area contributed by atoms with Crippen LogP contribution in [-0.4, -0.2) is 36.0 Å². The Balaban J connectivity index is 4.24. The molecule has 0 bridgehead atoms. The summed E-state index contributed by atoms with van der Waals surface area (Å²) in [7, 11) is 1.61. The van der Waals surface area contributed by atoms with Crippen LogP contribution in [0.4, 0.5) is 0 Å². The molecular weight excluding hydrogens is 182 g/mol. The van der Waals surface area contributed by atoms with Gasteiger partial charge in [0.25, 0.3) is 0 Å². The summed E-state index contributed by atoms with van der Waals surface area (Å²) in [5, 5.41) is 0. The molecule has 0 radical (unpaired) electrons. The van der Waals surface area contributed by atoms with Crippen molar-refractivity contribution >= 4 is 11.9 Å². The summed E-state index contributed by atoms with van der Waals surface area (Å²) in [5.41, 5.74) is 0. The number of esters is 1. The largest absolute Gasteiger partial charge is 0.461 e. The first-order chi connectivity index (χ1) is 6.40. The van der Waals surface area contributed by atoms with Gasteiger partial charge < -0.3 is 9.64 Å². The monoisotopic (exact) mass is 201 g/mol. The number of hydrogen-bond donors (Lipinski definition) is 0. The fourth-order valence-electron chi connectivity index (χ4n) is 0.954. The van der Waals surface area contributed by atoms with E-state index in [2.05, 4.69) is 0 Å². The topological polar surface area (TPSA) is 46.6 Å². The predicted octanol–water partition coefficient (Wildman–Crippen LogP) is 1.19. The van der Waals surface area contributed by atoms with Gasteiger partial charge >= 0.3 is 5.97 Å². The molecule has 0 aliphatic heterocycles. The Hall–Kier alpha value is -1.06. The second kappa shape index (κ2) is 5.62. The molecule has 0 spiro atoms. The van der Waals surface area contributed by atoms with Crippen LogP contribution >= 0.6 is 0 Å². The Morgan fingerprint density at radius 1 is 1.29 bits per heavy atom. The van der Waals surface area contributed by atoms with Crippen molar-refractivity contribution in [3.8, 4) is 0 Å². The third-order valence-corrected chi connectivity index (χ3v) is 1.97. The maximum atomic E-state index is 11.4. The molecule has 0 saturated heterocycles. The van der Waals surface area contributed by atoms with E-state index in [0.29, 0.717) is 6.42 Å². The van der Waals surface area contributed by atoms with E-state index in [1.165, 1.54) is 4.90 Å². The number of carbonyl (C=O) groups is 2. The minimum Gasteiger partial charge on any atom is -0.461 e. The molecule has 0 saturated carbocycles. The lowest BCUT2D eigenvalue weighted by atomic mass is 10.2. The summed E-state index contributed by atoms with van der Waals surface area (Å²) in [5.74, 6) is -0.414. The Kier molecular flexibility index (Phi) is 5.20. The average molecular weight is 201 g/mol. The van der Waals surface area contributed by atoms with E-state index in [0.717, 1.165) is 0 Å². The Labute approximate surface area is 85.2 Å². The zero-order valence-corrected chi connectivity index (χ0v) is 9.53. The zero-order valence-electron chi connectivity index (χ0n) is 9.53. The predicted molar refractivity (Wildman–Crippen MR) is 53.8 cm³/mol. The van der Waals surface area contributed by atoms with Crippen molar-refractivity contribution in [1.82, 2.24) is 4.90 Å². The molecular formula is C10H19NO3. The molecule has 4 nitrogen and oxygen atoms in total. The van der Waals surface area contributed by atoms with Crippen LogP contribution in [0, 0.1) is 0 Å². The molecule has 1 unspecified atom stereocenters. The lowest BCUT2D eigenvalue weighted by Gasteiger charge is -2.23. The van der Waals surface area contributed by atoms with Crippen LogP contribution in [0.5, 0.6) is 0 Å². The summed E-state index contributed by atoms with van der Waals surface area (Å²) in [6.07, 6.45) is 0.255. The van der Waals surface area contributed by atoms with Crippen molar-refractivity contribution in [3.05, 3.63) is 0 Å². The van der Waals surface area contributed by atoms with Crippen molar-refractivity contribution in [3.63, 3.8) is 0 Å². The summed E-state index contributed by atoms with van der Waals surface area (Å²) in [6.45, 7) is 7.00. The van der Waals surface area contributed by atoms with E-state index in [-0.39, 0.29) is 18.0 Å². The number of carbonyl (C=O) groups excluding carboxylic acids is 2. The Morgan fingerprint density at radius 2 is 1.79 bits per heavy atom. The first-order valence-corrected chi connectivity index (χ1v) is 4.86. The molecule has 0 aromatic rings. The maximum Gasteiger partial charge on any atom is 0.328 e. The fourth-order valence-corrected chi connectivity index (χ4v) is 0.954. The number of rotatable bonds is 4. The zero-order chi connectivity index (χ0) is 11.3. The minimum atomic E-state index is -0.509. The molecule has 0 rings (SSSR count). The molecule has 0 fully saturated rings. The summed E-state index contributed by atoms with van der Waals surface area (Å²) in [4.78, 5) is 24.1. The van der Waals surface area contributed by atoms with Crippen LogP contribution in [0.25, 0.3) is 0 Å². The van der Waals surface area contributed by atoms with Crippen molar-refractivity contribution in [2.24, 2.45) is 0 Å². The Morgan fingerprint density at radius 3 is 2.14 bits per heavy atom. The van der Waals surface area contributed by atoms with E-state index in [1.807, 2.05) is 0 Å². The van der Waals surface area contributed by atoms with Gasteiger partial charge in [-0.15, -0.1) is 0 Å². The van der Waals surface area contributed by atoms with Crippen LogP contribution in [0.15, 0.2) is 0 Å². The molecule has 4 heteroatoms. The normalized spacial score (nSPS) is 12.4. The number of ether oxygens (including phenoxy) is 1. The molecule has 14 heavy (non-hydrogen) atoms. The van der Waals surface area contributed by atoms with E-state index in [4.69, 9.17) is 4.74 Å². The van der Waals surface area contributed by atoms with Gasteiger partial charge in [-0.2, -0.15) is 0 Å². The van der Waals surface area contributed by atoms with Gasteiger partial charge in [0.15, 0.2) is 0 Å². The van der Waals surface area contributed by atoms with E-state index < -0.39 is 6.04 Å². The number of nitrogens with zero attached hydrogens (tertiary/aromatic N) is 1. The van der Waals surface area contributed by atoms with Gasteiger partial charge in [0.2, 0.25) is 5.91 Å². The van der Waals surface area contributed by atoms with Gasteiger partial charge in [-0.3, -0.25) is 4.79 Å². The first-order valence-electron chi connectivity index (χ1n) is 4.86. The van der Waals surface area contributed by atoms with E-state index >= 15 is 0 Å². The lowest BCUT2D eigenvalue weighted by Crippen LogP contribution is -2.41. The third-order valence-electron chi connectivity index (χ3n) is 1.97. The summed E-state index contributed by atoms with van der Waals surface area (Å²) in [6, 6.07) is -0.509. The summed E-state index contributed by atoms with van der Waals surface area (Å²) >= 11 is 0. The number of likely N-dealkylation sites (N-methyl/N-ethyl adjacent to an activating group) is 1. The van der Waals surface area contributed by atoms with Crippen molar-refractivity contribution < 1.29 is 14.3 Å². The standard InChI is InChI=1S/C10H19NO3/c1-6-9(12)11(5)8(4)10(13)14-7(2)3/h7-8H,6H2,1-5H3. The number of hydrogen-bond acceptors (Lipinski definition) is 3. The van der Waals surface area contributed by atoms with Gasteiger partial charge in [-0.25, -0.2) is 4.79 Å². The van der Waals surface area contributed by atoms with Gasteiger partial charge in [-0.1, -0.05) is 6.92 Å². The molecule has 1 atom stereocenters. The van der Waals surface area contributed by atoms with Gasteiger partial charge in [0.1, 0.15) is 6.04 Å². The first kappa shape index (κ1) is 12.9. The second-order valence-electron chi connectivity index (χ2n) is 3.52. The minimum absolute atomic E-state index is 0.0572. The molecule has 0 N–H and O–H groups in total. The van der Waals surface area contributed by atoms with Gasteiger partial charge in [0, 0.05) is 13.5 Å². The molecule has 0 aromatic heterocycles. The molecule has 0 aromatic carbocycles. The second-order valence-corrected chi connectivity index (χ2v) is 3.52. The highest BCUT2D eigenvalue weighted by molar-refractivity contribution is 5.83. The molecule has 0 aliphatic rings. The quantitative estimate of drug-likeness (QED) is 0.642. The van der Waals surface area contributed by atoms with Crippen molar-refractivity contribution in [2.45, 2.75) is 46.3 Å². The van der Waals surface area contributed by atoms with Crippen molar-refractivity contribution in [1.29, 1.82) is 0 Å². The Bertz CT molecular complexity index is 213. The van der Waals surface area contributed by atoms with Crippen LogP contribution in [0.1, 0.15) is 34.1 Å². The SMILES string of the molecule is CCC(=O)N(C)C(C)C(=O)OC(C)C. The van der Waals surface area contributed by atoms with Gasteiger partial charge in [-0.05, 0) is 20.8 Å². The lowest BCUT2D eigenvalue weighted by molar-refractivity contribution is -0.156. The summed E-state index contributed by atoms with van der Waals surface area (Å²) < 4.78 is 4.99. The van der Waals surface area contributed by atoms with Crippen LogP contribution in [-0.2, 0) is 14.3 Å². The van der Waals surface area contributed by atoms with Crippen LogP contribution in [0.2, 0.25) is 0 Å². The van der Waals surface area contributed by atoms with Crippen LogP contribution < -0.4 is 0 Å². The highest BCUT2D eigenvalue weighted by Crippen LogP contribution is 2.03. The highest BCUT2D eigenvalue weighted by atomic mass is 16.5.